The van der Waals surface area contributed by atoms with Crippen molar-refractivity contribution < 1.29 is 17.9 Å². The van der Waals surface area contributed by atoms with E-state index in [2.05, 4.69) is 13.8 Å². The van der Waals surface area contributed by atoms with Crippen LogP contribution < -0.4 is 11.5 Å². The van der Waals surface area contributed by atoms with Crippen molar-refractivity contribution in [3.63, 3.8) is 0 Å². The fraction of sp³-hybridized carbons (Fsp3) is 1.00. The number of nitrogens with two attached hydrogens (primary N) is 2. The smallest absolute Gasteiger partial charge is 0.209 e. The standard InChI is InChI=1S/C26H48N2O4S/c1-19-17-25(15-13-23(19)27,31-21-9-5-3-6-10-21)33(29,30)26(16-14-24(28)20(2)18-26)32-22-11-7-4-8-12-22/h19-24H,3-18,27-28H2,1-2H3. The lowest BCUT2D eigenvalue weighted by Gasteiger charge is -2.52. The Morgan fingerprint density at radius 1 is 0.636 bits per heavy atom. The molecular formula is C26H48N2O4S. The molecular weight excluding hydrogens is 436 g/mol. The van der Waals surface area contributed by atoms with Gasteiger partial charge in [0.25, 0.3) is 0 Å². The van der Waals surface area contributed by atoms with E-state index in [0.29, 0.717) is 38.5 Å². The largest absolute Gasteiger partial charge is 0.356 e. The second kappa shape index (κ2) is 10.4. The average molecular weight is 485 g/mol. The first-order valence-electron chi connectivity index (χ1n) is 13.8. The normalized spacial score (nSPS) is 42.3. The molecule has 0 bridgehead atoms. The van der Waals surface area contributed by atoms with Crippen molar-refractivity contribution in [2.45, 2.75) is 151 Å². The van der Waals surface area contributed by atoms with Crippen LogP contribution >= 0.6 is 0 Å². The van der Waals surface area contributed by atoms with Gasteiger partial charge in [-0.15, -0.1) is 0 Å². The van der Waals surface area contributed by atoms with Gasteiger partial charge in [-0.2, -0.15) is 0 Å². The molecule has 0 spiro atoms. The van der Waals surface area contributed by atoms with Gasteiger partial charge in [0.1, 0.15) is 0 Å². The highest BCUT2D eigenvalue weighted by molar-refractivity contribution is 7.93. The first-order chi connectivity index (χ1) is 15.7. The highest BCUT2D eigenvalue weighted by Crippen LogP contribution is 2.51. The molecule has 192 valence electrons. The third-order valence-electron chi connectivity index (χ3n) is 9.29. The Hall–Kier alpha value is -0.210. The molecule has 6 nitrogen and oxygen atoms in total. The van der Waals surface area contributed by atoms with Crippen LogP contribution in [0.4, 0.5) is 0 Å². The Morgan fingerprint density at radius 2 is 1.00 bits per heavy atom. The predicted molar refractivity (Wildman–Crippen MR) is 132 cm³/mol. The lowest BCUT2D eigenvalue weighted by molar-refractivity contribution is -0.110. The molecule has 4 aliphatic carbocycles. The van der Waals surface area contributed by atoms with E-state index in [1.807, 2.05) is 0 Å². The van der Waals surface area contributed by atoms with Gasteiger partial charge in [-0.05, 0) is 76.0 Å². The molecule has 0 radical (unpaired) electrons. The SMILES string of the molecule is CC1CC(OC2CCCCC2)(S(=O)(=O)C2(OC3CCCCC3)CCC(N)C(C)C2)CCC1N. The van der Waals surface area contributed by atoms with Gasteiger partial charge in [0.15, 0.2) is 9.87 Å². The van der Waals surface area contributed by atoms with Crippen LogP contribution in [0.2, 0.25) is 0 Å². The molecule has 6 atom stereocenters. The number of sulfone groups is 1. The van der Waals surface area contributed by atoms with Crippen molar-refractivity contribution in [2.75, 3.05) is 0 Å². The van der Waals surface area contributed by atoms with Gasteiger partial charge in [-0.25, -0.2) is 8.42 Å². The van der Waals surface area contributed by atoms with E-state index in [0.717, 1.165) is 51.4 Å². The minimum Gasteiger partial charge on any atom is -0.356 e. The third kappa shape index (κ3) is 5.18. The summed E-state index contributed by atoms with van der Waals surface area (Å²) in [6.45, 7) is 4.18. The zero-order valence-electron chi connectivity index (χ0n) is 21.0. The number of ether oxygens (including phenoxy) is 2. The van der Waals surface area contributed by atoms with Crippen LogP contribution in [0.25, 0.3) is 0 Å². The van der Waals surface area contributed by atoms with Crippen LogP contribution in [0.1, 0.15) is 117 Å². The molecule has 4 N–H and O–H groups in total. The maximum atomic E-state index is 14.9. The zero-order chi connectivity index (χ0) is 23.7. The Labute approximate surface area is 201 Å². The van der Waals surface area contributed by atoms with Gasteiger partial charge in [-0.1, -0.05) is 52.4 Å². The minimum atomic E-state index is -3.78. The molecule has 0 aromatic heterocycles. The maximum Gasteiger partial charge on any atom is 0.209 e. The molecule has 0 aromatic rings. The molecule has 0 aromatic carbocycles. The van der Waals surface area contributed by atoms with Crippen LogP contribution in [-0.4, -0.2) is 42.6 Å². The van der Waals surface area contributed by atoms with Gasteiger partial charge in [0.05, 0.1) is 12.2 Å². The Kier molecular flexibility index (Phi) is 8.17. The summed E-state index contributed by atoms with van der Waals surface area (Å²) in [5.74, 6) is 0.208. The molecule has 0 saturated heterocycles. The van der Waals surface area contributed by atoms with Crippen molar-refractivity contribution in [3.8, 4) is 0 Å². The summed E-state index contributed by atoms with van der Waals surface area (Å²) >= 11 is 0. The summed E-state index contributed by atoms with van der Waals surface area (Å²) in [5.41, 5.74) is 12.8. The van der Waals surface area contributed by atoms with Crippen molar-refractivity contribution in [3.05, 3.63) is 0 Å². The number of hydrogen-bond donors (Lipinski definition) is 2. The van der Waals surface area contributed by atoms with Crippen LogP contribution in [0.3, 0.4) is 0 Å². The van der Waals surface area contributed by atoms with E-state index in [1.165, 1.54) is 12.8 Å². The van der Waals surface area contributed by atoms with Crippen LogP contribution in [0, 0.1) is 11.8 Å². The zero-order valence-corrected chi connectivity index (χ0v) is 21.8. The summed E-state index contributed by atoms with van der Waals surface area (Å²) < 4.78 is 43.4. The van der Waals surface area contributed by atoms with Crippen molar-refractivity contribution >= 4 is 9.84 Å². The number of rotatable bonds is 6. The van der Waals surface area contributed by atoms with Crippen molar-refractivity contribution in [1.82, 2.24) is 0 Å². The minimum absolute atomic E-state index is 0.0186. The molecule has 0 heterocycles. The molecule has 4 fully saturated rings. The lowest BCUT2D eigenvalue weighted by Crippen LogP contribution is -2.62. The van der Waals surface area contributed by atoms with Crippen molar-refractivity contribution in [2.24, 2.45) is 23.3 Å². The van der Waals surface area contributed by atoms with Gasteiger partial charge in [0, 0.05) is 12.1 Å². The van der Waals surface area contributed by atoms with Crippen molar-refractivity contribution in [1.29, 1.82) is 0 Å². The summed E-state index contributed by atoms with van der Waals surface area (Å²) in [4.78, 5) is -2.39. The topological polar surface area (TPSA) is 105 Å². The summed E-state index contributed by atoms with van der Waals surface area (Å²) in [5, 5.41) is 0. The van der Waals surface area contributed by atoms with E-state index >= 15 is 0 Å². The average Bonchev–Trinajstić information content (AvgIpc) is 2.80. The van der Waals surface area contributed by atoms with E-state index in [1.54, 1.807) is 0 Å². The Morgan fingerprint density at radius 3 is 1.33 bits per heavy atom. The first kappa shape index (κ1) is 25.9. The molecule has 0 amide bonds. The molecule has 33 heavy (non-hydrogen) atoms. The van der Waals surface area contributed by atoms with Crippen LogP contribution in [0.15, 0.2) is 0 Å². The van der Waals surface area contributed by atoms with E-state index in [-0.39, 0.29) is 36.1 Å². The number of hydrogen-bond acceptors (Lipinski definition) is 6. The second-order valence-electron chi connectivity index (χ2n) is 11.8. The van der Waals surface area contributed by atoms with E-state index in [4.69, 9.17) is 20.9 Å². The van der Waals surface area contributed by atoms with Crippen LogP contribution in [-0.2, 0) is 19.3 Å². The predicted octanol–water partition coefficient (Wildman–Crippen LogP) is 4.79. The molecule has 7 heteroatoms. The van der Waals surface area contributed by atoms with Gasteiger partial charge in [-0.3, -0.25) is 0 Å². The van der Waals surface area contributed by atoms with Gasteiger partial charge >= 0.3 is 0 Å². The fourth-order valence-corrected chi connectivity index (χ4v) is 9.91. The molecule has 0 aliphatic heterocycles. The maximum absolute atomic E-state index is 14.9. The third-order valence-corrected chi connectivity index (χ3v) is 12.2. The van der Waals surface area contributed by atoms with Crippen LogP contribution in [0.5, 0.6) is 0 Å². The first-order valence-corrected chi connectivity index (χ1v) is 15.3. The molecule has 4 rings (SSSR count). The summed E-state index contributed by atoms with van der Waals surface area (Å²) in [6, 6.07) is 0.0504. The highest BCUT2D eigenvalue weighted by Gasteiger charge is 2.62. The second-order valence-corrected chi connectivity index (χ2v) is 14.3. The molecule has 4 saturated carbocycles. The van der Waals surface area contributed by atoms with E-state index in [9.17, 15) is 8.42 Å². The molecule has 4 aliphatic rings. The Balaban J connectivity index is 1.71. The highest BCUT2D eigenvalue weighted by atomic mass is 32.2. The van der Waals surface area contributed by atoms with Gasteiger partial charge in [0.2, 0.25) is 9.84 Å². The Bertz CT molecular complexity index is 693. The lowest BCUT2D eigenvalue weighted by atomic mass is 9.83. The molecule has 6 unspecified atom stereocenters. The summed E-state index contributed by atoms with van der Waals surface area (Å²) in [6.07, 6.45) is 14.0. The van der Waals surface area contributed by atoms with Gasteiger partial charge < -0.3 is 20.9 Å². The monoisotopic (exact) mass is 484 g/mol. The summed E-state index contributed by atoms with van der Waals surface area (Å²) in [7, 11) is -3.78. The quantitative estimate of drug-likeness (QED) is 0.562. The fourth-order valence-electron chi connectivity index (χ4n) is 6.97. The van der Waals surface area contributed by atoms with E-state index < -0.39 is 19.7 Å².